The van der Waals surface area contributed by atoms with Gasteiger partial charge < -0.3 is 15.1 Å². The van der Waals surface area contributed by atoms with Crippen molar-refractivity contribution < 1.29 is 9.59 Å². The predicted molar refractivity (Wildman–Crippen MR) is 96.6 cm³/mol. The van der Waals surface area contributed by atoms with Crippen LogP contribution in [0.25, 0.3) is 0 Å². The van der Waals surface area contributed by atoms with E-state index in [4.69, 9.17) is 0 Å². The van der Waals surface area contributed by atoms with Crippen molar-refractivity contribution >= 4 is 23.3 Å². The number of aryl methyl sites for hydroxylation is 1. The van der Waals surface area contributed by atoms with Crippen LogP contribution in [0.5, 0.6) is 0 Å². The van der Waals surface area contributed by atoms with Crippen LogP contribution in [0.2, 0.25) is 0 Å². The zero-order chi connectivity index (χ0) is 18.0. The SMILES string of the molecule is CCc1cc(C(=O)NCc2cc3n(n2)CCN(C(=O)N(C)C)C3)cs1. The zero-order valence-electron chi connectivity index (χ0n) is 14.8. The molecule has 0 saturated carbocycles. The summed E-state index contributed by atoms with van der Waals surface area (Å²) < 4.78 is 1.92. The van der Waals surface area contributed by atoms with Crippen molar-refractivity contribution in [3.63, 3.8) is 0 Å². The first-order chi connectivity index (χ1) is 12.0. The van der Waals surface area contributed by atoms with Gasteiger partial charge >= 0.3 is 6.03 Å². The van der Waals surface area contributed by atoms with E-state index in [-0.39, 0.29) is 11.9 Å². The number of carbonyl (C=O) groups excluding carboxylic acids is 2. The van der Waals surface area contributed by atoms with Gasteiger partial charge in [-0.1, -0.05) is 6.92 Å². The fraction of sp³-hybridized carbons (Fsp3) is 0.471. The van der Waals surface area contributed by atoms with Crippen LogP contribution >= 0.6 is 11.3 Å². The first-order valence-electron chi connectivity index (χ1n) is 8.35. The van der Waals surface area contributed by atoms with Crippen LogP contribution in [0.3, 0.4) is 0 Å². The summed E-state index contributed by atoms with van der Waals surface area (Å²) in [5.74, 6) is -0.0775. The topological polar surface area (TPSA) is 70.5 Å². The molecule has 2 aromatic rings. The Bertz CT molecular complexity index is 780. The standard InChI is InChI=1S/C17H23N5O2S/c1-4-15-7-12(11-25-15)16(23)18-9-13-8-14-10-21(17(24)20(2)3)5-6-22(14)19-13/h7-8,11H,4-6,9-10H2,1-3H3,(H,18,23). The van der Waals surface area contributed by atoms with Crippen molar-refractivity contribution in [1.29, 1.82) is 0 Å². The Labute approximate surface area is 151 Å². The molecular formula is C17H23N5O2S. The molecule has 1 aliphatic rings. The van der Waals surface area contributed by atoms with E-state index < -0.39 is 0 Å². The van der Waals surface area contributed by atoms with Crippen LogP contribution in [0.15, 0.2) is 17.5 Å². The lowest BCUT2D eigenvalue weighted by Crippen LogP contribution is -2.43. The molecule has 0 aliphatic carbocycles. The number of amides is 3. The van der Waals surface area contributed by atoms with E-state index in [2.05, 4.69) is 17.3 Å². The third kappa shape index (κ3) is 3.84. The molecule has 134 valence electrons. The molecule has 3 amide bonds. The van der Waals surface area contributed by atoms with Crippen molar-refractivity contribution in [2.45, 2.75) is 33.0 Å². The number of rotatable bonds is 4. The highest BCUT2D eigenvalue weighted by molar-refractivity contribution is 7.10. The first-order valence-corrected chi connectivity index (χ1v) is 9.23. The molecule has 3 heterocycles. The lowest BCUT2D eigenvalue weighted by atomic mass is 10.2. The van der Waals surface area contributed by atoms with Gasteiger partial charge in [-0.05, 0) is 18.6 Å². The van der Waals surface area contributed by atoms with E-state index in [0.29, 0.717) is 31.7 Å². The first kappa shape index (κ1) is 17.5. The number of carbonyl (C=O) groups is 2. The summed E-state index contributed by atoms with van der Waals surface area (Å²) in [7, 11) is 3.51. The van der Waals surface area contributed by atoms with E-state index in [9.17, 15) is 9.59 Å². The molecule has 8 heteroatoms. The molecule has 1 aliphatic heterocycles. The predicted octanol–water partition coefficient (Wildman–Crippen LogP) is 1.93. The summed E-state index contributed by atoms with van der Waals surface area (Å²) >= 11 is 1.60. The minimum absolute atomic E-state index is 0.00601. The molecule has 0 aromatic carbocycles. The molecule has 1 N–H and O–H groups in total. The summed E-state index contributed by atoms with van der Waals surface area (Å²) in [6, 6.07) is 3.90. The van der Waals surface area contributed by atoms with Gasteiger partial charge in [-0.15, -0.1) is 11.3 Å². The van der Waals surface area contributed by atoms with Gasteiger partial charge in [0.2, 0.25) is 0 Å². The van der Waals surface area contributed by atoms with Crippen molar-refractivity contribution in [2.75, 3.05) is 20.6 Å². The maximum Gasteiger partial charge on any atom is 0.319 e. The molecule has 0 fully saturated rings. The number of aromatic nitrogens is 2. The highest BCUT2D eigenvalue weighted by atomic mass is 32.1. The van der Waals surface area contributed by atoms with Crippen molar-refractivity contribution in [3.8, 4) is 0 Å². The van der Waals surface area contributed by atoms with Crippen LogP contribution < -0.4 is 5.32 Å². The molecule has 0 unspecified atom stereocenters. The smallest absolute Gasteiger partial charge is 0.319 e. The lowest BCUT2D eigenvalue weighted by Gasteiger charge is -2.29. The number of hydrogen-bond donors (Lipinski definition) is 1. The Morgan fingerprint density at radius 2 is 2.12 bits per heavy atom. The average Bonchev–Trinajstić information content (AvgIpc) is 3.24. The molecule has 0 spiro atoms. The fourth-order valence-corrected chi connectivity index (χ4v) is 3.63. The molecular weight excluding hydrogens is 338 g/mol. The van der Waals surface area contributed by atoms with E-state index in [1.807, 2.05) is 22.2 Å². The minimum atomic E-state index is -0.0775. The van der Waals surface area contributed by atoms with Gasteiger partial charge in [-0.25, -0.2) is 4.79 Å². The number of nitrogens with one attached hydrogen (secondary N) is 1. The Morgan fingerprint density at radius 1 is 1.32 bits per heavy atom. The maximum atomic E-state index is 12.2. The summed E-state index contributed by atoms with van der Waals surface area (Å²) in [5, 5.41) is 9.33. The average molecular weight is 361 g/mol. The molecule has 2 aromatic heterocycles. The molecule has 0 saturated heterocycles. The van der Waals surface area contributed by atoms with E-state index in [0.717, 1.165) is 17.8 Å². The highest BCUT2D eigenvalue weighted by Gasteiger charge is 2.23. The van der Waals surface area contributed by atoms with Crippen LogP contribution in [-0.4, -0.2) is 52.2 Å². The second-order valence-corrected chi connectivity index (χ2v) is 7.28. The number of thiophene rings is 1. The van der Waals surface area contributed by atoms with Crippen molar-refractivity contribution in [1.82, 2.24) is 24.9 Å². The van der Waals surface area contributed by atoms with E-state index in [1.54, 1.807) is 35.2 Å². The van der Waals surface area contributed by atoms with Gasteiger partial charge in [0.25, 0.3) is 5.91 Å². The Kier molecular flexibility index (Phi) is 5.08. The fourth-order valence-electron chi connectivity index (χ4n) is 2.82. The van der Waals surface area contributed by atoms with Crippen molar-refractivity contribution in [3.05, 3.63) is 39.3 Å². The van der Waals surface area contributed by atoms with Gasteiger partial charge in [0, 0.05) is 30.9 Å². The molecule has 0 atom stereocenters. The number of hydrogen-bond acceptors (Lipinski definition) is 4. The third-order valence-electron chi connectivity index (χ3n) is 4.20. The zero-order valence-corrected chi connectivity index (χ0v) is 15.6. The largest absolute Gasteiger partial charge is 0.346 e. The van der Waals surface area contributed by atoms with E-state index >= 15 is 0 Å². The van der Waals surface area contributed by atoms with Crippen LogP contribution in [0, 0.1) is 0 Å². The van der Waals surface area contributed by atoms with Gasteiger partial charge in [0.1, 0.15) is 0 Å². The Balaban J connectivity index is 1.60. The summed E-state index contributed by atoms with van der Waals surface area (Å²) in [5.41, 5.74) is 2.51. The van der Waals surface area contributed by atoms with Gasteiger partial charge in [0.15, 0.2) is 0 Å². The van der Waals surface area contributed by atoms with Gasteiger partial charge in [0.05, 0.1) is 36.6 Å². The van der Waals surface area contributed by atoms with Crippen molar-refractivity contribution in [2.24, 2.45) is 0 Å². The normalized spacial score (nSPS) is 13.5. The van der Waals surface area contributed by atoms with E-state index in [1.165, 1.54) is 4.88 Å². The molecule has 0 bridgehead atoms. The monoisotopic (exact) mass is 361 g/mol. The molecule has 25 heavy (non-hydrogen) atoms. The summed E-state index contributed by atoms with van der Waals surface area (Å²) in [4.78, 5) is 28.9. The highest BCUT2D eigenvalue weighted by Crippen LogP contribution is 2.16. The second kappa shape index (κ2) is 7.26. The summed E-state index contributed by atoms with van der Waals surface area (Å²) in [6.45, 7) is 4.33. The Morgan fingerprint density at radius 3 is 2.80 bits per heavy atom. The van der Waals surface area contributed by atoms with Gasteiger partial charge in [-0.3, -0.25) is 9.48 Å². The number of nitrogens with zero attached hydrogens (tertiary/aromatic N) is 4. The Hall–Kier alpha value is -2.35. The molecule has 0 radical (unpaired) electrons. The van der Waals surface area contributed by atoms with Gasteiger partial charge in [-0.2, -0.15) is 5.10 Å². The minimum Gasteiger partial charge on any atom is -0.346 e. The number of fused-ring (bicyclic) bond motifs is 1. The number of urea groups is 1. The quantitative estimate of drug-likeness (QED) is 0.905. The van der Waals surface area contributed by atoms with Crippen LogP contribution in [0.1, 0.15) is 33.5 Å². The molecule has 7 nitrogen and oxygen atoms in total. The maximum absolute atomic E-state index is 12.2. The second-order valence-electron chi connectivity index (χ2n) is 6.29. The summed E-state index contributed by atoms with van der Waals surface area (Å²) in [6.07, 6.45) is 0.938. The third-order valence-corrected chi connectivity index (χ3v) is 5.28. The van der Waals surface area contributed by atoms with Crippen LogP contribution in [0.4, 0.5) is 4.79 Å². The lowest BCUT2D eigenvalue weighted by molar-refractivity contribution is 0.0950. The molecule has 3 rings (SSSR count). The van der Waals surface area contributed by atoms with Crippen LogP contribution in [-0.2, 0) is 26.1 Å².